The zero-order valence-corrected chi connectivity index (χ0v) is 10.6. The van der Waals surface area contributed by atoms with E-state index in [0.29, 0.717) is 12.1 Å². The number of carbonyl (C=O) groups excluding carboxylic acids is 1. The van der Waals surface area contributed by atoms with E-state index in [9.17, 15) is 4.79 Å². The topological polar surface area (TPSA) is 32.3 Å². The average molecular weight is 238 g/mol. The Kier molecular flexibility index (Phi) is 5.35. The Morgan fingerprint density at radius 3 is 2.56 bits per heavy atom. The molecule has 0 aromatic heterocycles. The summed E-state index contributed by atoms with van der Waals surface area (Å²) in [6.45, 7) is 4.62. The Morgan fingerprint density at radius 1 is 1.38 bits per heavy atom. The molecule has 16 heavy (non-hydrogen) atoms. The largest absolute Gasteiger partial charge is 0.351 e. The molecule has 1 N–H and O–H groups in total. The van der Waals surface area contributed by atoms with Crippen molar-refractivity contribution in [2.45, 2.75) is 11.8 Å². The van der Waals surface area contributed by atoms with E-state index in [1.54, 1.807) is 12.1 Å². The molecule has 0 heterocycles. The molecule has 0 bridgehead atoms. The van der Waals surface area contributed by atoms with Crippen molar-refractivity contribution >= 4 is 18.5 Å². The first kappa shape index (κ1) is 13.1. The number of amides is 1. The molecule has 1 amide bonds. The monoisotopic (exact) mass is 238 g/mol. The second-order valence-electron chi connectivity index (χ2n) is 3.70. The lowest BCUT2D eigenvalue weighted by atomic mass is 10.2. The molecule has 88 valence electrons. The van der Waals surface area contributed by atoms with Crippen molar-refractivity contribution in [1.82, 2.24) is 10.2 Å². The summed E-state index contributed by atoms with van der Waals surface area (Å²) in [6, 6.07) is 7.19. The second kappa shape index (κ2) is 6.55. The molecule has 0 fully saturated rings. The molecule has 3 nitrogen and oxygen atoms in total. The summed E-state index contributed by atoms with van der Waals surface area (Å²) in [7, 11) is 2.03. The number of rotatable bonds is 5. The number of benzene rings is 1. The van der Waals surface area contributed by atoms with Gasteiger partial charge in [0.05, 0.1) is 0 Å². The predicted octanol–water partition coefficient (Wildman–Crippen LogP) is 1.66. The fraction of sp³-hybridized carbons (Fsp3) is 0.417. The maximum Gasteiger partial charge on any atom is 0.251 e. The van der Waals surface area contributed by atoms with Crippen molar-refractivity contribution in [3.8, 4) is 0 Å². The summed E-state index contributed by atoms with van der Waals surface area (Å²) in [5.74, 6) is -0.0298. The van der Waals surface area contributed by atoms with Gasteiger partial charge in [0, 0.05) is 23.5 Å². The minimum absolute atomic E-state index is 0.0298. The van der Waals surface area contributed by atoms with Crippen LogP contribution in [-0.2, 0) is 0 Å². The SMILES string of the molecule is CCN(C)CCNC(=O)c1ccc(S)cc1. The molecule has 1 rings (SSSR count). The predicted molar refractivity (Wildman–Crippen MR) is 69.2 cm³/mol. The molecule has 0 spiro atoms. The van der Waals surface area contributed by atoms with Gasteiger partial charge < -0.3 is 10.2 Å². The fourth-order valence-corrected chi connectivity index (χ4v) is 1.38. The van der Waals surface area contributed by atoms with Crippen LogP contribution in [0.1, 0.15) is 17.3 Å². The van der Waals surface area contributed by atoms with E-state index in [-0.39, 0.29) is 5.91 Å². The fourth-order valence-electron chi connectivity index (χ4n) is 1.23. The van der Waals surface area contributed by atoms with Gasteiger partial charge in [0.15, 0.2) is 0 Å². The first-order valence-corrected chi connectivity index (χ1v) is 5.84. The van der Waals surface area contributed by atoms with Gasteiger partial charge in [-0.15, -0.1) is 12.6 Å². The van der Waals surface area contributed by atoms with Crippen molar-refractivity contribution in [3.63, 3.8) is 0 Å². The summed E-state index contributed by atoms with van der Waals surface area (Å²) in [5, 5.41) is 2.88. The third-order valence-electron chi connectivity index (χ3n) is 2.45. The lowest BCUT2D eigenvalue weighted by Crippen LogP contribution is -2.32. The van der Waals surface area contributed by atoms with Crippen LogP contribution in [0.3, 0.4) is 0 Å². The number of nitrogens with zero attached hydrogens (tertiary/aromatic N) is 1. The summed E-state index contributed by atoms with van der Waals surface area (Å²) in [5.41, 5.74) is 0.678. The molecular formula is C12H18N2OS. The van der Waals surface area contributed by atoms with Gasteiger partial charge in [0.25, 0.3) is 5.91 Å². The molecule has 0 atom stereocenters. The Bertz CT molecular complexity index is 337. The van der Waals surface area contributed by atoms with E-state index >= 15 is 0 Å². The molecule has 1 aromatic carbocycles. The first-order chi connectivity index (χ1) is 7.63. The molecular weight excluding hydrogens is 220 g/mol. The quantitative estimate of drug-likeness (QED) is 0.765. The zero-order chi connectivity index (χ0) is 12.0. The maximum atomic E-state index is 11.7. The Labute approximate surface area is 102 Å². The van der Waals surface area contributed by atoms with Gasteiger partial charge in [-0.2, -0.15) is 0 Å². The number of nitrogens with one attached hydrogen (secondary N) is 1. The molecule has 0 saturated carbocycles. The highest BCUT2D eigenvalue weighted by Crippen LogP contribution is 2.07. The number of carbonyl (C=O) groups is 1. The van der Waals surface area contributed by atoms with Crippen molar-refractivity contribution in [3.05, 3.63) is 29.8 Å². The van der Waals surface area contributed by atoms with Crippen molar-refractivity contribution in [2.75, 3.05) is 26.7 Å². The minimum Gasteiger partial charge on any atom is -0.351 e. The van der Waals surface area contributed by atoms with Crippen molar-refractivity contribution in [2.24, 2.45) is 0 Å². The Morgan fingerprint density at radius 2 is 2.00 bits per heavy atom. The van der Waals surface area contributed by atoms with Gasteiger partial charge in [0.2, 0.25) is 0 Å². The number of likely N-dealkylation sites (N-methyl/N-ethyl adjacent to an activating group) is 1. The summed E-state index contributed by atoms with van der Waals surface area (Å²) >= 11 is 4.17. The minimum atomic E-state index is -0.0298. The van der Waals surface area contributed by atoms with Gasteiger partial charge >= 0.3 is 0 Å². The standard InChI is InChI=1S/C12H18N2OS/c1-3-14(2)9-8-13-12(15)10-4-6-11(16)7-5-10/h4-7,16H,3,8-9H2,1-2H3,(H,13,15). The van der Waals surface area contributed by atoms with Crippen LogP contribution in [0.2, 0.25) is 0 Å². The smallest absolute Gasteiger partial charge is 0.251 e. The number of thiol groups is 1. The van der Waals surface area contributed by atoms with Crippen LogP contribution in [0.25, 0.3) is 0 Å². The number of hydrogen-bond acceptors (Lipinski definition) is 3. The highest BCUT2D eigenvalue weighted by Gasteiger charge is 2.04. The normalized spacial score (nSPS) is 10.5. The van der Waals surface area contributed by atoms with Crippen LogP contribution in [0, 0.1) is 0 Å². The van der Waals surface area contributed by atoms with E-state index in [1.165, 1.54) is 0 Å². The van der Waals surface area contributed by atoms with Crippen molar-refractivity contribution in [1.29, 1.82) is 0 Å². The van der Waals surface area contributed by atoms with E-state index in [4.69, 9.17) is 0 Å². The first-order valence-electron chi connectivity index (χ1n) is 5.39. The van der Waals surface area contributed by atoms with Gasteiger partial charge in [-0.3, -0.25) is 4.79 Å². The molecule has 0 unspecified atom stereocenters. The number of hydrogen-bond donors (Lipinski definition) is 2. The summed E-state index contributed by atoms with van der Waals surface area (Å²) < 4.78 is 0. The van der Waals surface area contributed by atoms with E-state index in [1.807, 2.05) is 19.2 Å². The van der Waals surface area contributed by atoms with E-state index in [2.05, 4.69) is 29.8 Å². The third kappa shape index (κ3) is 4.24. The lowest BCUT2D eigenvalue weighted by Gasteiger charge is -2.13. The van der Waals surface area contributed by atoms with Crippen LogP contribution in [0.5, 0.6) is 0 Å². The van der Waals surface area contributed by atoms with Gasteiger partial charge in [-0.1, -0.05) is 6.92 Å². The molecule has 0 aliphatic rings. The van der Waals surface area contributed by atoms with Gasteiger partial charge in [-0.25, -0.2) is 0 Å². The average Bonchev–Trinajstić information content (AvgIpc) is 2.29. The lowest BCUT2D eigenvalue weighted by molar-refractivity contribution is 0.0950. The summed E-state index contributed by atoms with van der Waals surface area (Å²) in [4.78, 5) is 14.7. The highest BCUT2D eigenvalue weighted by atomic mass is 32.1. The van der Waals surface area contributed by atoms with Crippen LogP contribution < -0.4 is 5.32 Å². The van der Waals surface area contributed by atoms with E-state index < -0.39 is 0 Å². The van der Waals surface area contributed by atoms with Gasteiger partial charge in [0.1, 0.15) is 0 Å². The maximum absolute atomic E-state index is 11.7. The summed E-state index contributed by atoms with van der Waals surface area (Å²) in [6.07, 6.45) is 0. The molecule has 0 aliphatic heterocycles. The molecule has 1 aromatic rings. The molecule has 0 radical (unpaired) electrons. The highest BCUT2D eigenvalue weighted by molar-refractivity contribution is 7.80. The molecule has 4 heteroatoms. The van der Waals surface area contributed by atoms with Crippen LogP contribution in [0.15, 0.2) is 29.2 Å². The van der Waals surface area contributed by atoms with E-state index in [0.717, 1.165) is 18.0 Å². The Hall–Kier alpha value is -1.00. The molecule has 0 aliphatic carbocycles. The molecule has 0 saturated heterocycles. The van der Waals surface area contributed by atoms with Crippen LogP contribution in [0.4, 0.5) is 0 Å². The van der Waals surface area contributed by atoms with Crippen LogP contribution >= 0.6 is 12.6 Å². The Balaban J connectivity index is 2.38. The van der Waals surface area contributed by atoms with Crippen LogP contribution in [-0.4, -0.2) is 37.5 Å². The van der Waals surface area contributed by atoms with Crippen molar-refractivity contribution < 1.29 is 4.79 Å². The second-order valence-corrected chi connectivity index (χ2v) is 4.22. The third-order valence-corrected chi connectivity index (χ3v) is 2.75. The zero-order valence-electron chi connectivity index (χ0n) is 9.73. The van der Waals surface area contributed by atoms with Gasteiger partial charge in [-0.05, 0) is 37.9 Å².